The summed E-state index contributed by atoms with van der Waals surface area (Å²) in [4.78, 5) is 24.3. The fourth-order valence-corrected chi connectivity index (χ4v) is 2.43. The van der Waals surface area contributed by atoms with Crippen LogP contribution < -0.4 is 15.4 Å². The molecule has 2 rings (SSSR count). The quantitative estimate of drug-likeness (QED) is 0.674. The Balaban J connectivity index is 1.78. The van der Waals surface area contributed by atoms with E-state index in [1.165, 1.54) is 0 Å². The number of carbonyl (C=O) groups excluding carboxylic acids is 2. The largest absolute Gasteiger partial charge is 0.493 e. The monoisotopic (exact) mass is 370 g/mol. The third-order valence-corrected chi connectivity index (χ3v) is 3.83. The van der Waals surface area contributed by atoms with Crippen molar-refractivity contribution in [2.45, 2.75) is 27.0 Å². The molecule has 0 aliphatic carbocycles. The van der Waals surface area contributed by atoms with Gasteiger partial charge in [0, 0.05) is 13.2 Å². The van der Waals surface area contributed by atoms with Crippen LogP contribution >= 0.6 is 0 Å². The zero-order valence-electron chi connectivity index (χ0n) is 15.8. The SMILES string of the molecule is CCOCc1ccc(CNC(=O)CNC(=O)c2ccccc2OCC)cc1. The van der Waals surface area contributed by atoms with Crippen molar-refractivity contribution in [2.24, 2.45) is 0 Å². The van der Waals surface area contributed by atoms with Gasteiger partial charge in [-0.15, -0.1) is 0 Å². The topological polar surface area (TPSA) is 76.7 Å². The van der Waals surface area contributed by atoms with Crippen molar-refractivity contribution >= 4 is 11.8 Å². The fraction of sp³-hybridized carbons (Fsp3) is 0.333. The summed E-state index contributed by atoms with van der Waals surface area (Å²) in [6.45, 7) is 5.84. The normalized spacial score (nSPS) is 10.3. The van der Waals surface area contributed by atoms with Gasteiger partial charge >= 0.3 is 0 Å². The van der Waals surface area contributed by atoms with Crippen molar-refractivity contribution in [3.63, 3.8) is 0 Å². The number of para-hydroxylation sites is 1. The second-order valence-corrected chi connectivity index (χ2v) is 5.84. The first-order valence-corrected chi connectivity index (χ1v) is 9.06. The molecule has 27 heavy (non-hydrogen) atoms. The van der Waals surface area contributed by atoms with Crippen LogP contribution in [0.3, 0.4) is 0 Å². The minimum absolute atomic E-state index is 0.0955. The van der Waals surface area contributed by atoms with Gasteiger partial charge in [0.15, 0.2) is 0 Å². The van der Waals surface area contributed by atoms with Crippen LogP contribution in [0.4, 0.5) is 0 Å². The number of carbonyl (C=O) groups is 2. The molecule has 0 spiro atoms. The molecule has 0 heterocycles. The van der Waals surface area contributed by atoms with Crippen molar-refractivity contribution in [3.8, 4) is 5.75 Å². The second kappa shape index (κ2) is 11.0. The van der Waals surface area contributed by atoms with E-state index in [-0.39, 0.29) is 18.4 Å². The van der Waals surface area contributed by atoms with Gasteiger partial charge in [0.1, 0.15) is 5.75 Å². The number of hydrogen-bond donors (Lipinski definition) is 2. The third kappa shape index (κ3) is 6.75. The van der Waals surface area contributed by atoms with Crippen LogP contribution in [0.1, 0.15) is 35.3 Å². The lowest BCUT2D eigenvalue weighted by Crippen LogP contribution is -2.36. The van der Waals surface area contributed by atoms with Gasteiger partial charge in [-0.1, -0.05) is 36.4 Å². The zero-order valence-corrected chi connectivity index (χ0v) is 15.8. The van der Waals surface area contributed by atoms with Crippen LogP contribution in [0.15, 0.2) is 48.5 Å². The summed E-state index contributed by atoms with van der Waals surface area (Å²) in [7, 11) is 0. The number of hydrogen-bond acceptors (Lipinski definition) is 4. The maximum atomic E-state index is 12.3. The Bertz CT molecular complexity index is 744. The summed E-state index contributed by atoms with van der Waals surface area (Å²) in [5.41, 5.74) is 2.49. The number of benzene rings is 2. The molecule has 0 unspecified atom stereocenters. The Morgan fingerprint density at radius 2 is 1.59 bits per heavy atom. The molecule has 0 fully saturated rings. The number of rotatable bonds is 10. The molecule has 0 saturated carbocycles. The maximum Gasteiger partial charge on any atom is 0.255 e. The number of nitrogens with one attached hydrogen (secondary N) is 2. The van der Waals surface area contributed by atoms with Crippen molar-refractivity contribution in [1.29, 1.82) is 0 Å². The summed E-state index contributed by atoms with van der Waals surface area (Å²) in [5, 5.41) is 5.41. The van der Waals surface area contributed by atoms with Crippen molar-refractivity contribution in [3.05, 3.63) is 65.2 Å². The average Bonchev–Trinajstić information content (AvgIpc) is 2.70. The second-order valence-electron chi connectivity index (χ2n) is 5.84. The smallest absolute Gasteiger partial charge is 0.255 e. The van der Waals surface area contributed by atoms with Crippen LogP contribution in [-0.2, 0) is 22.7 Å². The van der Waals surface area contributed by atoms with E-state index in [1.807, 2.05) is 38.1 Å². The number of ether oxygens (including phenoxy) is 2. The first-order chi connectivity index (χ1) is 13.1. The molecule has 0 saturated heterocycles. The highest BCUT2D eigenvalue weighted by Crippen LogP contribution is 2.17. The minimum Gasteiger partial charge on any atom is -0.493 e. The Kier molecular flexibility index (Phi) is 8.32. The van der Waals surface area contributed by atoms with Crippen LogP contribution in [-0.4, -0.2) is 31.6 Å². The molecular formula is C21H26N2O4. The Labute approximate surface area is 159 Å². The average molecular weight is 370 g/mol. The van der Waals surface area contributed by atoms with E-state index in [2.05, 4.69) is 10.6 Å². The van der Waals surface area contributed by atoms with E-state index in [9.17, 15) is 9.59 Å². The first kappa shape index (κ1) is 20.5. The van der Waals surface area contributed by atoms with Crippen LogP contribution in [0.5, 0.6) is 5.75 Å². The van der Waals surface area contributed by atoms with Crippen molar-refractivity contribution < 1.29 is 19.1 Å². The minimum atomic E-state index is -0.338. The summed E-state index contributed by atoms with van der Waals surface area (Å²) < 4.78 is 10.8. The molecule has 144 valence electrons. The predicted molar refractivity (Wildman–Crippen MR) is 104 cm³/mol. The van der Waals surface area contributed by atoms with Gasteiger partial charge in [0.05, 0.1) is 25.3 Å². The molecule has 6 heteroatoms. The van der Waals surface area contributed by atoms with Crippen LogP contribution in [0, 0.1) is 0 Å². The van der Waals surface area contributed by atoms with Crippen LogP contribution in [0.25, 0.3) is 0 Å². The van der Waals surface area contributed by atoms with Crippen LogP contribution in [0.2, 0.25) is 0 Å². The zero-order chi connectivity index (χ0) is 19.5. The van der Waals surface area contributed by atoms with Gasteiger partial charge in [-0.3, -0.25) is 9.59 Å². The molecule has 6 nitrogen and oxygen atoms in total. The Morgan fingerprint density at radius 1 is 0.889 bits per heavy atom. The summed E-state index contributed by atoms with van der Waals surface area (Å²) >= 11 is 0. The third-order valence-electron chi connectivity index (χ3n) is 3.83. The Hall–Kier alpha value is -2.86. The number of amides is 2. The molecule has 2 N–H and O–H groups in total. The highest BCUT2D eigenvalue weighted by atomic mass is 16.5. The van der Waals surface area contributed by atoms with E-state index in [0.717, 1.165) is 11.1 Å². The molecule has 0 atom stereocenters. The maximum absolute atomic E-state index is 12.3. The van der Waals surface area contributed by atoms with Gasteiger partial charge in [-0.25, -0.2) is 0 Å². The van der Waals surface area contributed by atoms with Gasteiger partial charge < -0.3 is 20.1 Å². The van der Waals surface area contributed by atoms with E-state index < -0.39 is 0 Å². The molecule has 2 amide bonds. The Morgan fingerprint density at radius 3 is 2.30 bits per heavy atom. The molecule has 2 aromatic carbocycles. The summed E-state index contributed by atoms with van der Waals surface area (Å²) in [5.74, 6) is -0.0878. The highest BCUT2D eigenvalue weighted by Gasteiger charge is 2.12. The molecule has 0 aliphatic heterocycles. The van der Waals surface area contributed by atoms with Gasteiger partial charge in [0.25, 0.3) is 5.91 Å². The molecule has 0 aromatic heterocycles. The van der Waals surface area contributed by atoms with E-state index in [1.54, 1.807) is 24.3 Å². The van der Waals surface area contributed by atoms with E-state index in [4.69, 9.17) is 9.47 Å². The van der Waals surface area contributed by atoms with E-state index in [0.29, 0.717) is 37.7 Å². The lowest BCUT2D eigenvalue weighted by atomic mass is 10.1. The molecule has 2 aromatic rings. The predicted octanol–water partition coefficient (Wildman–Crippen LogP) is 2.67. The molecular weight excluding hydrogens is 344 g/mol. The van der Waals surface area contributed by atoms with Crippen molar-refractivity contribution in [2.75, 3.05) is 19.8 Å². The molecule has 0 radical (unpaired) electrons. The molecule has 0 aliphatic rings. The van der Waals surface area contributed by atoms with Gasteiger partial charge in [0.2, 0.25) is 5.91 Å². The highest BCUT2D eigenvalue weighted by molar-refractivity contribution is 5.98. The standard InChI is InChI=1S/C21H26N2O4/c1-3-26-15-17-11-9-16(10-12-17)13-22-20(24)14-23-21(25)18-7-5-6-8-19(18)27-4-2/h5-12H,3-4,13-15H2,1-2H3,(H,22,24)(H,23,25). The van der Waals surface area contributed by atoms with Gasteiger partial charge in [-0.2, -0.15) is 0 Å². The fourth-order valence-electron chi connectivity index (χ4n) is 2.43. The van der Waals surface area contributed by atoms with Crippen molar-refractivity contribution in [1.82, 2.24) is 10.6 Å². The van der Waals surface area contributed by atoms with E-state index >= 15 is 0 Å². The lowest BCUT2D eigenvalue weighted by Gasteiger charge is -2.11. The summed E-state index contributed by atoms with van der Waals surface area (Å²) in [6.07, 6.45) is 0. The lowest BCUT2D eigenvalue weighted by molar-refractivity contribution is -0.120. The first-order valence-electron chi connectivity index (χ1n) is 9.06. The molecule has 0 bridgehead atoms. The summed E-state index contributed by atoms with van der Waals surface area (Å²) in [6, 6.07) is 14.8. The van der Waals surface area contributed by atoms with Gasteiger partial charge in [-0.05, 0) is 37.1 Å².